The van der Waals surface area contributed by atoms with E-state index in [-0.39, 0.29) is 6.42 Å². The van der Waals surface area contributed by atoms with E-state index in [1.807, 2.05) is 6.08 Å². The summed E-state index contributed by atoms with van der Waals surface area (Å²) in [6.45, 7) is 7.00. The number of carboxylic acids is 3. The van der Waals surface area contributed by atoms with Crippen LogP contribution in [0.3, 0.4) is 0 Å². The van der Waals surface area contributed by atoms with E-state index in [9.17, 15) is 14.4 Å². The third kappa shape index (κ3) is 29.9. The first-order chi connectivity index (χ1) is 16.9. The van der Waals surface area contributed by atoms with Gasteiger partial charge in [-0.3, -0.25) is 14.4 Å². The van der Waals surface area contributed by atoms with Gasteiger partial charge in [-0.25, -0.2) is 0 Å². The van der Waals surface area contributed by atoms with Crippen molar-refractivity contribution in [3.63, 3.8) is 0 Å². The van der Waals surface area contributed by atoms with Crippen molar-refractivity contribution in [1.29, 1.82) is 0 Å². The van der Waals surface area contributed by atoms with Crippen LogP contribution in [0.1, 0.15) is 135 Å². The maximum absolute atomic E-state index is 10.4. The zero-order chi connectivity index (χ0) is 26.6. The molecule has 0 aliphatic carbocycles. The summed E-state index contributed by atoms with van der Waals surface area (Å²) in [4.78, 5) is 30.6. The molecule has 0 rings (SSSR count). The van der Waals surface area contributed by atoms with Crippen LogP contribution in [0.5, 0.6) is 0 Å². The SMILES string of the molecule is C=CCC(C(=O)O)C(=O)O.C=CCCCCCCCCCCCCCCCCCCCCC(=O)O. The molecule has 0 spiro atoms. The fourth-order valence-electron chi connectivity index (χ4n) is 3.87. The average molecular weight is 497 g/mol. The van der Waals surface area contributed by atoms with Gasteiger partial charge in [-0.05, 0) is 25.7 Å². The van der Waals surface area contributed by atoms with Crippen LogP contribution < -0.4 is 0 Å². The number of allylic oxidation sites excluding steroid dienone is 2. The number of hydrogen-bond donors (Lipinski definition) is 3. The maximum Gasteiger partial charge on any atom is 0.318 e. The van der Waals surface area contributed by atoms with Crippen molar-refractivity contribution >= 4 is 17.9 Å². The number of carboxylic acid groups (broad SMARTS) is 3. The Bertz CT molecular complexity index is 529. The van der Waals surface area contributed by atoms with Gasteiger partial charge in [0.1, 0.15) is 0 Å². The molecule has 35 heavy (non-hydrogen) atoms. The summed E-state index contributed by atoms with van der Waals surface area (Å²) in [5, 5.41) is 25.1. The van der Waals surface area contributed by atoms with E-state index in [0.29, 0.717) is 6.42 Å². The van der Waals surface area contributed by atoms with Crippen LogP contribution in [0.15, 0.2) is 25.3 Å². The maximum atomic E-state index is 10.4. The first kappa shape index (κ1) is 35.1. The number of unbranched alkanes of at least 4 members (excludes halogenated alkanes) is 18. The van der Waals surface area contributed by atoms with Crippen LogP contribution in [-0.4, -0.2) is 33.2 Å². The average Bonchev–Trinajstić information content (AvgIpc) is 2.81. The molecular weight excluding hydrogens is 444 g/mol. The molecular formula is C29H52O6. The van der Waals surface area contributed by atoms with Gasteiger partial charge in [0, 0.05) is 6.42 Å². The third-order valence-electron chi connectivity index (χ3n) is 6.05. The number of hydrogen-bond acceptors (Lipinski definition) is 3. The lowest BCUT2D eigenvalue weighted by Gasteiger charge is -2.03. The van der Waals surface area contributed by atoms with E-state index in [1.165, 1.54) is 115 Å². The quantitative estimate of drug-likeness (QED) is 0.0664. The minimum absolute atomic E-state index is 0.0370. The summed E-state index contributed by atoms with van der Waals surface area (Å²) in [5.74, 6) is -4.66. The summed E-state index contributed by atoms with van der Waals surface area (Å²) in [6.07, 6.45) is 28.8. The van der Waals surface area contributed by atoms with Crippen molar-refractivity contribution in [2.24, 2.45) is 5.92 Å². The van der Waals surface area contributed by atoms with Gasteiger partial charge in [-0.1, -0.05) is 115 Å². The summed E-state index contributed by atoms with van der Waals surface area (Å²) in [7, 11) is 0. The van der Waals surface area contributed by atoms with Crippen molar-refractivity contribution in [1.82, 2.24) is 0 Å². The topological polar surface area (TPSA) is 112 Å². The molecule has 0 aliphatic heterocycles. The van der Waals surface area contributed by atoms with Crippen LogP contribution >= 0.6 is 0 Å². The van der Waals surface area contributed by atoms with Crippen LogP contribution in [-0.2, 0) is 14.4 Å². The van der Waals surface area contributed by atoms with Crippen molar-refractivity contribution in [3.05, 3.63) is 25.3 Å². The van der Waals surface area contributed by atoms with Gasteiger partial charge in [0.15, 0.2) is 5.92 Å². The van der Waals surface area contributed by atoms with Gasteiger partial charge < -0.3 is 15.3 Å². The van der Waals surface area contributed by atoms with Crippen molar-refractivity contribution in [2.75, 3.05) is 0 Å². The fourth-order valence-corrected chi connectivity index (χ4v) is 3.87. The second-order valence-corrected chi connectivity index (χ2v) is 9.34. The zero-order valence-corrected chi connectivity index (χ0v) is 22.1. The molecule has 0 unspecified atom stereocenters. The second-order valence-electron chi connectivity index (χ2n) is 9.34. The van der Waals surface area contributed by atoms with Gasteiger partial charge in [0.25, 0.3) is 0 Å². The monoisotopic (exact) mass is 496 g/mol. The molecule has 6 nitrogen and oxygen atoms in total. The van der Waals surface area contributed by atoms with Crippen LogP contribution in [0.4, 0.5) is 0 Å². The first-order valence-corrected chi connectivity index (χ1v) is 13.8. The third-order valence-corrected chi connectivity index (χ3v) is 6.05. The Morgan fingerprint density at radius 3 is 1.06 bits per heavy atom. The molecule has 0 heterocycles. The zero-order valence-electron chi connectivity index (χ0n) is 22.1. The molecule has 0 aromatic rings. The van der Waals surface area contributed by atoms with Crippen molar-refractivity contribution < 1.29 is 29.7 Å². The molecule has 0 aliphatic rings. The van der Waals surface area contributed by atoms with Gasteiger partial charge >= 0.3 is 17.9 Å². The summed E-state index contributed by atoms with van der Waals surface area (Å²) >= 11 is 0. The normalized spacial score (nSPS) is 10.4. The van der Waals surface area contributed by atoms with Gasteiger partial charge in [-0.2, -0.15) is 0 Å². The highest BCUT2D eigenvalue weighted by Crippen LogP contribution is 2.14. The van der Waals surface area contributed by atoms with E-state index >= 15 is 0 Å². The molecule has 0 saturated heterocycles. The lowest BCUT2D eigenvalue weighted by atomic mass is 10.0. The molecule has 204 valence electrons. The number of carbonyl (C=O) groups is 3. The summed E-state index contributed by atoms with van der Waals surface area (Å²) in [5.41, 5.74) is 0. The molecule has 0 amide bonds. The standard InChI is InChI=1S/C23H44O2.C6H8O4/c1-2-3-4-5-6-7-8-9-10-11-12-13-14-15-16-17-18-19-20-21-22-23(24)25;1-2-3-4(5(7)8)6(9)10/h2H,1,3-22H2,(H,24,25);2,4H,1,3H2,(H,7,8)(H,9,10). The largest absolute Gasteiger partial charge is 0.481 e. The van der Waals surface area contributed by atoms with E-state index in [2.05, 4.69) is 13.2 Å². The lowest BCUT2D eigenvalue weighted by Crippen LogP contribution is -2.22. The summed E-state index contributed by atoms with van der Waals surface area (Å²) in [6, 6.07) is 0. The van der Waals surface area contributed by atoms with E-state index in [1.54, 1.807) is 0 Å². The lowest BCUT2D eigenvalue weighted by molar-refractivity contribution is -0.154. The first-order valence-electron chi connectivity index (χ1n) is 13.8. The molecule has 3 N–H and O–H groups in total. The van der Waals surface area contributed by atoms with Crippen LogP contribution in [0.2, 0.25) is 0 Å². The van der Waals surface area contributed by atoms with E-state index in [0.717, 1.165) is 12.8 Å². The van der Waals surface area contributed by atoms with Crippen LogP contribution in [0.25, 0.3) is 0 Å². The Morgan fingerprint density at radius 1 is 0.514 bits per heavy atom. The highest BCUT2D eigenvalue weighted by molar-refractivity contribution is 5.92. The van der Waals surface area contributed by atoms with Crippen molar-refractivity contribution in [3.8, 4) is 0 Å². The molecule has 0 bridgehead atoms. The molecule has 0 atom stereocenters. The number of aliphatic carboxylic acids is 3. The Balaban J connectivity index is 0. The predicted octanol–water partition coefficient (Wildman–Crippen LogP) is 8.41. The molecule has 0 saturated carbocycles. The van der Waals surface area contributed by atoms with E-state index in [4.69, 9.17) is 15.3 Å². The molecule has 0 fully saturated rings. The van der Waals surface area contributed by atoms with Gasteiger partial charge in [-0.15, -0.1) is 13.2 Å². The number of rotatable bonds is 25. The highest BCUT2D eigenvalue weighted by Gasteiger charge is 2.23. The molecule has 6 heteroatoms. The van der Waals surface area contributed by atoms with Gasteiger partial charge in [0.05, 0.1) is 0 Å². The Labute approximate surface area is 213 Å². The van der Waals surface area contributed by atoms with Crippen LogP contribution in [0, 0.1) is 5.92 Å². The van der Waals surface area contributed by atoms with Gasteiger partial charge in [0.2, 0.25) is 0 Å². The Hall–Kier alpha value is -2.11. The second kappa shape index (κ2) is 28.1. The minimum Gasteiger partial charge on any atom is -0.481 e. The Kier molecular flexibility index (Phi) is 28.2. The fraction of sp³-hybridized carbons (Fsp3) is 0.759. The Morgan fingerprint density at radius 2 is 0.829 bits per heavy atom. The molecule has 0 radical (unpaired) electrons. The predicted molar refractivity (Wildman–Crippen MR) is 144 cm³/mol. The molecule has 0 aromatic heterocycles. The minimum atomic E-state index is -1.35. The highest BCUT2D eigenvalue weighted by atomic mass is 16.4. The van der Waals surface area contributed by atoms with E-state index < -0.39 is 23.8 Å². The van der Waals surface area contributed by atoms with Crippen molar-refractivity contribution in [2.45, 2.75) is 135 Å². The smallest absolute Gasteiger partial charge is 0.318 e. The summed E-state index contributed by atoms with van der Waals surface area (Å²) < 4.78 is 0. The molecule has 0 aromatic carbocycles.